The zero-order valence-corrected chi connectivity index (χ0v) is 15.2. The van der Waals surface area contributed by atoms with Crippen molar-refractivity contribution < 1.29 is 0 Å². The number of benzene rings is 2. The van der Waals surface area contributed by atoms with Gasteiger partial charge in [0.2, 0.25) is 0 Å². The van der Waals surface area contributed by atoms with Crippen LogP contribution in [-0.2, 0) is 0 Å². The number of nitrogens with one attached hydrogen (secondary N) is 1. The van der Waals surface area contributed by atoms with Crippen LogP contribution in [0.25, 0.3) is 10.8 Å². The van der Waals surface area contributed by atoms with Crippen molar-refractivity contribution in [3.63, 3.8) is 0 Å². The lowest BCUT2D eigenvalue weighted by Crippen LogP contribution is -2.08. The van der Waals surface area contributed by atoms with Gasteiger partial charge in [-0.25, -0.2) is 0 Å². The molecule has 1 aliphatic rings. The molecule has 0 aromatic heterocycles. The Labute approximate surface area is 145 Å². The summed E-state index contributed by atoms with van der Waals surface area (Å²) in [5, 5.41) is 11.2. The summed E-state index contributed by atoms with van der Waals surface area (Å²) in [4.78, 5) is 0. The van der Waals surface area contributed by atoms with Gasteiger partial charge in [-0.15, -0.1) is 0 Å². The van der Waals surface area contributed by atoms with Gasteiger partial charge < -0.3 is 5.41 Å². The molecular weight excluding hydrogens is 290 g/mol. The second-order valence-corrected chi connectivity index (χ2v) is 6.97. The van der Waals surface area contributed by atoms with E-state index in [1.807, 2.05) is 0 Å². The topological polar surface area (TPSA) is 23.9 Å². The molecule has 3 rings (SSSR count). The van der Waals surface area contributed by atoms with E-state index in [1.165, 1.54) is 33.1 Å². The van der Waals surface area contributed by atoms with Crippen molar-refractivity contribution in [3.05, 3.63) is 70.3 Å². The van der Waals surface area contributed by atoms with E-state index in [2.05, 4.69) is 70.2 Å². The van der Waals surface area contributed by atoms with Gasteiger partial charge in [-0.3, -0.25) is 0 Å². The van der Waals surface area contributed by atoms with Gasteiger partial charge in [-0.05, 0) is 55.5 Å². The van der Waals surface area contributed by atoms with Gasteiger partial charge in [-0.2, -0.15) is 0 Å². The molecule has 1 atom stereocenters. The van der Waals surface area contributed by atoms with Crippen LogP contribution in [0.5, 0.6) is 0 Å². The van der Waals surface area contributed by atoms with Gasteiger partial charge in [0.25, 0.3) is 0 Å². The molecule has 24 heavy (non-hydrogen) atoms. The highest BCUT2D eigenvalue weighted by Gasteiger charge is 2.24. The van der Waals surface area contributed by atoms with Crippen LogP contribution in [0.1, 0.15) is 64.0 Å². The second-order valence-electron chi connectivity index (χ2n) is 6.97. The highest BCUT2D eigenvalue weighted by atomic mass is 14.4. The summed E-state index contributed by atoms with van der Waals surface area (Å²) in [7, 11) is 0. The summed E-state index contributed by atoms with van der Waals surface area (Å²) in [6, 6.07) is 13.0. The van der Waals surface area contributed by atoms with E-state index in [9.17, 15) is 0 Å². The Morgan fingerprint density at radius 2 is 1.79 bits per heavy atom. The molecule has 1 N–H and O–H groups in total. The number of fused-ring (bicyclic) bond motifs is 1. The molecule has 1 nitrogen and oxygen atoms in total. The van der Waals surface area contributed by atoms with Crippen LogP contribution in [0.15, 0.2) is 59.2 Å². The van der Waals surface area contributed by atoms with Gasteiger partial charge in [0.15, 0.2) is 0 Å². The van der Waals surface area contributed by atoms with Crippen LogP contribution in [0.2, 0.25) is 0 Å². The molecule has 2 aromatic carbocycles. The fourth-order valence-corrected chi connectivity index (χ4v) is 3.73. The summed E-state index contributed by atoms with van der Waals surface area (Å²) >= 11 is 0. The molecule has 0 radical (unpaired) electrons. The summed E-state index contributed by atoms with van der Waals surface area (Å²) < 4.78 is 0. The van der Waals surface area contributed by atoms with E-state index in [0.29, 0.717) is 5.92 Å². The van der Waals surface area contributed by atoms with Gasteiger partial charge >= 0.3 is 0 Å². The quantitative estimate of drug-likeness (QED) is 0.588. The van der Waals surface area contributed by atoms with Crippen molar-refractivity contribution in [1.82, 2.24) is 0 Å². The monoisotopic (exact) mass is 317 g/mol. The van der Waals surface area contributed by atoms with Crippen LogP contribution in [0.3, 0.4) is 0 Å². The Kier molecular flexibility index (Phi) is 4.71. The summed E-state index contributed by atoms with van der Waals surface area (Å²) in [5.74, 6) is 0.312. The third-order valence-corrected chi connectivity index (χ3v) is 5.44. The Balaban J connectivity index is 2.20. The number of hydrogen-bond acceptors (Lipinski definition) is 1. The average molecular weight is 317 g/mol. The minimum Gasteiger partial charge on any atom is -0.305 e. The third kappa shape index (κ3) is 2.84. The summed E-state index contributed by atoms with van der Waals surface area (Å²) in [6.07, 6.45) is 5.43. The van der Waals surface area contributed by atoms with E-state index in [0.717, 1.165) is 30.5 Å². The highest BCUT2D eigenvalue weighted by molar-refractivity contribution is 6.11. The Morgan fingerprint density at radius 1 is 1.04 bits per heavy atom. The summed E-state index contributed by atoms with van der Waals surface area (Å²) in [5.41, 5.74) is 7.43. The molecule has 1 aliphatic carbocycles. The molecule has 0 heterocycles. The first-order chi connectivity index (χ1) is 11.5. The molecule has 0 bridgehead atoms. The maximum Gasteiger partial charge on any atom is 0.0395 e. The second kappa shape index (κ2) is 6.76. The van der Waals surface area contributed by atoms with Crippen LogP contribution in [0, 0.1) is 5.41 Å². The Hall–Kier alpha value is -2.15. The highest BCUT2D eigenvalue weighted by Crippen LogP contribution is 2.40. The summed E-state index contributed by atoms with van der Waals surface area (Å²) in [6.45, 7) is 8.84. The third-order valence-electron chi connectivity index (χ3n) is 5.44. The van der Waals surface area contributed by atoms with Crippen molar-refractivity contribution in [1.29, 1.82) is 5.41 Å². The molecule has 2 aromatic rings. The largest absolute Gasteiger partial charge is 0.305 e. The zero-order valence-electron chi connectivity index (χ0n) is 15.2. The van der Waals surface area contributed by atoms with E-state index in [-0.39, 0.29) is 0 Å². The minimum atomic E-state index is 0.312. The molecule has 124 valence electrons. The molecule has 0 amide bonds. The lowest BCUT2D eigenvalue weighted by Gasteiger charge is -2.19. The zero-order chi connectivity index (χ0) is 17.3. The SMILES string of the molecule is CCCCC(=N)c1c(C2C=C(C)C(C)=C2C)ccc2ccccc12. The van der Waals surface area contributed by atoms with Crippen molar-refractivity contribution in [2.45, 2.75) is 52.9 Å². The standard InChI is InChI=1S/C23H27N/c1-5-6-11-22(24)23-19-10-8-7-9-18(19)12-13-20(23)21-14-15(2)16(3)17(21)4/h7-10,12-14,21,24H,5-6,11H2,1-4H3. The fourth-order valence-electron chi connectivity index (χ4n) is 3.73. The van der Waals surface area contributed by atoms with E-state index >= 15 is 0 Å². The Morgan fingerprint density at radius 3 is 2.46 bits per heavy atom. The maximum atomic E-state index is 8.75. The van der Waals surface area contributed by atoms with Crippen LogP contribution < -0.4 is 0 Å². The number of hydrogen-bond donors (Lipinski definition) is 1. The van der Waals surface area contributed by atoms with Crippen LogP contribution in [-0.4, -0.2) is 5.71 Å². The van der Waals surface area contributed by atoms with Crippen LogP contribution >= 0.6 is 0 Å². The average Bonchev–Trinajstić information content (AvgIpc) is 2.86. The van der Waals surface area contributed by atoms with Crippen LogP contribution in [0.4, 0.5) is 0 Å². The van der Waals surface area contributed by atoms with E-state index in [1.54, 1.807) is 0 Å². The predicted molar refractivity (Wildman–Crippen MR) is 105 cm³/mol. The molecule has 0 saturated carbocycles. The van der Waals surface area contributed by atoms with Gasteiger partial charge in [0.05, 0.1) is 0 Å². The first-order valence-electron chi connectivity index (χ1n) is 9.00. The predicted octanol–water partition coefficient (Wildman–Crippen LogP) is 6.78. The van der Waals surface area contributed by atoms with E-state index in [4.69, 9.17) is 5.41 Å². The van der Waals surface area contributed by atoms with Crippen molar-refractivity contribution in [3.8, 4) is 0 Å². The molecule has 0 spiro atoms. The van der Waals surface area contributed by atoms with Crippen molar-refractivity contribution >= 4 is 16.5 Å². The van der Waals surface area contributed by atoms with Crippen molar-refractivity contribution in [2.24, 2.45) is 0 Å². The van der Waals surface area contributed by atoms with Gasteiger partial charge in [0.1, 0.15) is 0 Å². The normalized spacial score (nSPS) is 17.5. The molecule has 0 aliphatic heterocycles. The smallest absolute Gasteiger partial charge is 0.0395 e. The number of allylic oxidation sites excluding steroid dienone is 4. The molecule has 0 saturated heterocycles. The van der Waals surface area contributed by atoms with Crippen molar-refractivity contribution in [2.75, 3.05) is 0 Å². The van der Waals surface area contributed by atoms with Gasteiger partial charge in [0, 0.05) is 17.2 Å². The molecule has 1 heteroatoms. The van der Waals surface area contributed by atoms with Gasteiger partial charge in [-0.1, -0.05) is 67.0 Å². The van der Waals surface area contributed by atoms with E-state index < -0.39 is 0 Å². The minimum absolute atomic E-state index is 0.312. The number of rotatable bonds is 5. The molecule has 0 fully saturated rings. The first-order valence-corrected chi connectivity index (χ1v) is 9.00. The number of unbranched alkanes of at least 4 members (excludes halogenated alkanes) is 1. The Bertz CT molecular complexity index is 851. The maximum absolute atomic E-state index is 8.75. The molecular formula is C23H27N. The lowest BCUT2D eigenvalue weighted by molar-refractivity contribution is 0.832. The lowest BCUT2D eigenvalue weighted by atomic mass is 9.84. The molecule has 1 unspecified atom stereocenters. The first kappa shape index (κ1) is 16.7. The fraction of sp³-hybridized carbons (Fsp3) is 0.348.